The summed E-state index contributed by atoms with van der Waals surface area (Å²) in [6.07, 6.45) is -2.93. The lowest BCUT2D eigenvalue weighted by atomic mass is 10.2. The fourth-order valence-electron chi connectivity index (χ4n) is 0.854. The highest BCUT2D eigenvalue weighted by Crippen LogP contribution is 2.23. The molecular formula is C5H9ClO4. The molecule has 0 radical (unpaired) electrons. The van der Waals surface area contributed by atoms with Crippen molar-refractivity contribution in [3.8, 4) is 0 Å². The van der Waals surface area contributed by atoms with Gasteiger partial charge in [-0.3, -0.25) is 0 Å². The first kappa shape index (κ1) is 8.23. The number of hydrogen-bond donors (Lipinski definition) is 3. The van der Waals surface area contributed by atoms with Crippen molar-refractivity contribution in [3.63, 3.8) is 0 Å². The SMILES string of the molecule is OC[C@H]1O[C@@H](Cl)[C@H](O)[C@@H]1O. The van der Waals surface area contributed by atoms with E-state index in [1.165, 1.54) is 0 Å². The number of ether oxygens (including phenoxy) is 1. The molecule has 1 saturated heterocycles. The smallest absolute Gasteiger partial charge is 0.160 e. The highest BCUT2D eigenvalue weighted by Gasteiger charge is 2.40. The molecule has 0 amide bonds. The van der Waals surface area contributed by atoms with Gasteiger partial charge in [0.1, 0.15) is 18.3 Å². The monoisotopic (exact) mass is 168 g/mol. The summed E-state index contributed by atoms with van der Waals surface area (Å²) in [5.74, 6) is 0. The van der Waals surface area contributed by atoms with Gasteiger partial charge < -0.3 is 20.1 Å². The first-order valence-electron chi connectivity index (χ1n) is 2.93. The molecule has 0 aromatic rings. The summed E-state index contributed by atoms with van der Waals surface area (Å²) in [5, 5.41) is 26.5. The molecule has 1 heterocycles. The van der Waals surface area contributed by atoms with Gasteiger partial charge in [-0.15, -0.1) is 0 Å². The van der Waals surface area contributed by atoms with Crippen molar-refractivity contribution < 1.29 is 20.1 Å². The van der Waals surface area contributed by atoms with Crippen molar-refractivity contribution in [2.24, 2.45) is 0 Å². The van der Waals surface area contributed by atoms with Crippen LogP contribution in [0.15, 0.2) is 0 Å². The summed E-state index contributed by atoms with van der Waals surface area (Å²) < 4.78 is 4.75. The molecule has 0 unspecified atom stereocenters. The second kappa shape index (κ2) is 3.02. The molecule has 0 aromatic heterocycles. The van der Waals surface area contributed by atoms with Crippen LogP contribution in [0.1, 0.15) is 0 Å². The Bertz CT molecular complexity index is 120. The van der Waals surface area contributed by atoms with E-state index in [4.69, 9.17) is 31.7 Å². The standard InChI is InChI=1S/C5H9ClO4/c6-5-4(9)3(8)2(1-7)10-5/h2-5,7-9H,1H2/t2-,3-,4-,5-/m1/s1. The van der Waals surface area contributed by atoms with E-state index in [-0.39, 0.29) is 6.61 Å². The van der Waals surface area contributed by atoms with Crippen LogP contribution in [0.4, 0.5) is 0 Å². The molecule has 0 spiro atoms. The van der Waals surface area contributed by atoms with E-state index in [1.807, 2.05) is 0 Å². The predicted octanol–water partition coefficient (Wildman–Crippen LogP) is -1.34. The molecule has 0 aliphatic carbocycles. The number of aliphatic hydroxyl groups excluding tert-OH is 3. The lowest BCUT2D eigenvalue weighted by Crippen LogP contribution is -2.32. The fraction of sp³-hybridized carbons (Fsp3) is 1.00. The maximum absolute atomic E-state index is 9.01. The summed E-state index contributed by atoms with van der Waals surface area (Å²) >= 11 is 5.39. The van der Waals surface area contributed by atoms with Crippen molar-refractivity contribution in [3.05, 3.63) is 0 Å². The molecule has 5 heteroatoms. The van der Waals surface area contributed by atoms with Gasteiger partial charge in [0.25, 0.3) is 0 Å². The van der Waals surface area contributed by atoms with Gasteiger partial charge >= 0.3 is 0 Å². The van der Waals surface area contributed by atoms with E-state index >= 15 is 0 Å². The largest absolute Gasteiger partial charge is 0.394 e. The summed E-state index contributed by atoms with van der Waals surface area (Å²) in [6.45, 7) is -0.332. The first-order chi connectivity index (χ1) is 4.66. The zero-order valence-corrected chi connectivity index (χ0v) is 5.90. The second-order valence-corrected chi connectivity index (χ2v) is 2.62. The Morgan fingerprint density at radius 2 is 1.90 bits per heavy atom. The average Bonchev–Trinajstić information content (AvgIpc) is 2.17. The minimum atomic E-state index is -1.10. The van der Waals surface area contributed by atoms with Gasteiger partial charge in [0.2, 0.25) is 0 Å². The third-order valence-electron chi connectivity index (χ3n) is 1.48. The molecule has 1 fully saturated rings. The summed E-state index contributed by atoms with van der Waals surface area (Å²) in [6, 6.07) is 0. The quantitative estimate of drug-likeness (QED) is 0.424. The Labute approximate surface area is 63.0 Å². The van der Waals surface area contributed by atoms with Crippen LogP contribution in [0.5, 0.6) is 0 Å². The molecule has 0 bridgehead atoms. The van der Waals surface area contributed by atoms with Gasteiger partial charge in [0.05, 0.1) is 6.61 Å². The van der Waals surface area contributed by atoms with E-state index in [9.17, 15) is 0 Å². The van der Waals surface area contributed by atoms with E-state index in [1.54, 1.807) is 0 Å². The van der Waals surface area contributed by atoms with Crippen molar-refractivity contribution in [2.75, 3.05) is 6.61 Å². The fourth-order valence-corrected chi connectivity index (χ4v) is 1.14. The molecule has 4 atom stereocenters. The Kier molecular flexibility index (Phi) is 2.49. The molecule has 0 saturated carbocycles. The van der Waals surface area contributed by atoms with Crippen LogP contribution < -0.4 is 0 Å². The third-order valence-corrected chi connectivity index (χ3v) is 1.85. The summed E-state index contributed by atoms with van der Waals surface area (Å²) in [4.78, 5) is 0. The second-order valence-electron chi connectivity index (χ2n) is 2.19. The molecule has 10 heavy (non-hydrogen) atoms. The zero-order valence-electron chi connectivity index (χ0n) is 5.14. The van der Waals surface area contributed by atoms with Crippen LogP contribution in [0.25, 0.3) is 0 Å². The van der Waals surface area contributed by atoms with Gasteiger partial charge in [-0.25, -0.2) is 0 Å². The van der Waals surface area contributed by atoms with E-state index < -0.39 is 23.9 Å². The van der Waals surface area contributed by atoms with Crippen LogP contribution in [-0.2, 0) is 4.74 Å². The van der Waals surface area contributed by atoms with E-state index in [0.29, 0.717) is 0 Å². The van der Waals surface area contributed by atoms with Crippen molar-refractivity contribution in [2.45, 2.75) is 23.9 Å². The van der Waals surface area contributed by atoms with Crippen LogP contribution >= 0.6 is 11.6 Å². The van der Waals surface area contributed by atoms with E-state index in [2.05, 4.69) is 0 Å². The van der Waals surface area contributed by atoms with Gasteiger partial charge in [-0.05, 0) is 0 Å². The molecule has 1 rings (SSSR count). The maximum Gasteiger partial charge on any atom is 0.160 e. The highest BCUT2D eigenvalue weighted by molar-refractivity contribution is 6.20. The van der Waals surface area contributed by atoms with Crippen LogP contribution in [0.3, 0.4) is 0 Å². The molecule has 3 N–H and O–H groups in total. The summed E-state index contributed by atoms with van der Waals surface area (Å²) in [5.41, 5.74) is -0.910. The third kappa shape index (κ3) is 1.26. The molecule has 4 nitrogen and oxygen atoms in total. The minimum absolute atomic E-state index is 0.332. The Morgan fingerprint density at radius 3 is 2.10 bits per heavy atom. The van der Waals surface area contributed by atoms with Gasteiger partial charge in [0, 0.05) is 0 Å². The number of rotatable bonds is 1. The molecule has 1 aliphatic rings. The lowest BCUT2D eigenvalue weighted by Gasteiger charge is -2.09. The average molecular weight is 169 g/mol. The predicted molar refractivity (Wildman–Crippen MR) is 33.6 cm³/mol. The molecular weight excluding hydrogens is 160 g/mol. The minimum Gasteiger partial charge on any atom is -0.394 e. The molecule has 1 aliphatic heterocycles. The normalized spacial score (nSPS) is 48.0. The topological polar surface area (TPSA) is 69.9 Å². The Hall–Kier alpha value is 0.130. The lowest BCUT2D eigenvalue weighted by molar-refractivity contribution is -0.00869. The maximum atomic E-state index is 9.01. The number of aliphatic hydroxyl groups is 3. The molecule has 0 aromatic carbocycles. The Morgan fingerprint density at radius 1 is 1.30 bits per heavy atom. The molecule has 60 valence electrons. The van der Waals surface area contributed by atoms with Gasteiger partial charge in [-0.2, -0.15) is 0 Å². The zero-order chi connectivity index (χ0) is 7.72. The van der Waals surface area contributed by atoms with Crippen molar-refractivity contribution >= 4 is 11.6 Å². The summed E-state index contributed by atoms with van der Waals surface area (Å²) in [7, 11) is 0. The van der Waals surface area contributed by atoms with Crippen LogP contribution in [-0.4, -0.2) is 45.8 Å². The number of halogens is 1. The first-order valence-corrected chi connectivity index (χ1v) is 3.37. The van der Waals surface area contributed by atoms with Gasteiger partial charge in [-0.1, -0.05) is 11.6 Å². The number of hydrogen-bond acceptors (Lipinski definition) is 4. The van der Waals surface area contributed by atoms with Crippen LogP contribution in [0, 0.1) is 0 Å². The number of alkyl halides is 1. The van der Waals surface area contributed by atoms with E-state index in [0.717, 1.165) is 0 Å². The highest BCUT2D eigenvalue weighted by atomic mass is 35.5. The van der Waals surface area contributed by atoms with Gasteiger partial charge in [0.15, 0.2) is 5.56 Å². The van der Waals surface area contributed by atoms with Crippen LogP contribution in [0.2, 0.25) is 0 Å². The van der Waals surface area contributed by atoms with Crippen molar-refractivity contribution in [1.29, 1.82) is 0 Å². The van der Waals surface area contributed by atoms with Crippen molar-refractivity contribution in [1.82, 2.24) is 0 Å². The Balaban J connectivity index is 2.53.